The summed E-state index contributed by atoms with van der Waals surface area (Å²) in [6.07, 6.45) is 6.73. The second kappa shape index (κ2) is 8.88. The van der Waals surface area contributed by atoms with Crippen LogP contribution in [-0.2, 0) is 11.2 Å². The fourth-order valence-electron chi connectivity index (χ4n) is 4.12. The van der Waals surface area contributed by atoms with Crippen LogP contribution in [0.1, 0.15) is 37.7 Å². The van der Waals surface area contributed by atoms with E-state index in [1.54, 1.807) is 14.2 Å². The first-order valence-electron chi connectivity index (χ1n) is 9.46. The zero-order valence-corrected chi connectivity index (χ0v) is 15.4. The molecule has 2 aliphatic rings. The Labute approximate surface area is 150 Å². The smallest absolute Gasteiger partial charge is 0.160 e. The number of aliphatic hydroxyl groups is 1. The Morgan fingerprint density at radius 2 is 1.88 bits per heavy atom. The minimum Gasteiger partial charge on any atom is -0.493 e. The summed E-state index contributed by atoms with van der Waals surface area (Å²) in [5.41, 5.74) is 1.20. The van der Waals surface area contributed by atoms with Crippen molar-refractivity contribution in [1.29, 1.82) is 0 Å². The highest BCUT2D eigenvalue weighted by atomic mass is 16.5. The molecule has 0 bridgehead atoms. The Hall–Kier alpha value is -1.30. The highest BCUT2D eigenvalue weighted by Crippen LogP contribution is 2.30. The molecular formula is C20H31NO4. The summed E-state index contributed by atoms with van der Waals surface area (Å²) >= 11 is 0. The van der Waals surface area contributed by atoms with Crippen LogP contribution in [0.25, 0.3) is 0 Å². The molecule has 3 rings (SSSR count). The van der Waals surface area contributed by atoms with Crippen LogP contribution in [0.4, 0.5) is 0 Å². The molecule has 1 saturated carbocycles. The third-order valence-electron chi connectivity index (χ3n) is 5.50. The van der Waals surface area contributed by atoms with Gasteiger partial charge in [0, 0.05) is 19.1 Å². The molecule has 5 heteroatoms. The molecule has 0 radical (unpaired) electrons. The van der Waals surface area contributed by atoms with Crippen LogP contribution < -0.4 is 9.47 Å². The van der Waals surface area contributed by atoms with Gasteiger partial charge < -0.3 is 19.3 Å². The molecular weight excluding hydrogens is 318 g/mol. The summed E-state index contributed by atoms with van der Waals surface area (Å²) in [5.74, 6) is 1.52. The van der Waals surface area contributed by atoms with Gasteiger partial charge >= 0.3 is 0 Å². The molecule has 1 N–H and O–H groups in total. The van der Waals surface area contributed by atoms with E-state index < -0.39 is 0 Å². The SMILES string of the molecule is COc1ccc(CCOC2CCCC[C@@H]2N2CC[C@H](O)C2)cc1OC. The lowest BCUT2D eigenvalue weighted by Gasteiger charge is -2.37. The number of hydrogen-bond acceptors (Lipinski definition) is 5. The number of benzene rings is 1. The lowest BCUT2D eigenvalue weighted by molar-refractivity contribution is -0.0316. The number of methoxy groups -OCH3 is 2. The predicted molar refractivity (Wildman–Crippen MR) is 97.4 cm³/mol. The van der Waals surface area contributed by atoms with Crippen LogP contribution in [0.2, 0.25) is 0 Å². The largest absolute Gasteiger partial charge is 0.493 e. The Kier molecular flexibility index (Phi) is 6.57. The number of hydrogen-bond donors (Lipinski definition) is 1. The summed E-state index contributed by atoms with van der Waals surface area (Å²) in [4.78, 5) is 2.44. The number of β-amino-alcohol motifs (C(OH)–C–C–N with tert-alkyl or cyclic N) is 1. The number of nitrogens with zero attached hydrogens (tertiary/aromatic N) is 1. The quantitative estimate of drug-likeness (QED) is 0.820. The molecule has 2 fully saturated rings. The summed E-state index contributed by atoms with van der Waals surface area (Å²) in [5, 5.41) is 9.83. The van der Waals surface area contributed by atoms with Gasteiger partial charge in [-0.15, -0.1) is 0 Å². The third-order valence-corrected chi connectivity index (χ3v) is 5.50. The van der Waals surface area contributed by atoms with Gasteiger partial charge in [-0.2, -0.15) is 0 Å². The number of likely N-dealkylation sites (tertiary alicyclic amines) is 1. The minimum atomic E-state index is -0.158. The standard InChI is InChI=1S/C20H31NO4/c1-23-19-8-7-15(13-20(19)24-2)10-12-25-18-6-4-3-5-17(18)21-11-9-16(22)14-21/h7-8,13,16-18,22H,3-6,9-12,14H2,1-2H3/t16-,17-,18?/m0/s1. The first kappa shape index (κ1) is 18.5. The molecule has 1 heterocycles. The van der Waals surface area contributed by atoms with Gasteiger partial charge in [0.2, 0.25) is 0 Å². The van der Waals surface area contributed by atoms with Crippen LogP contribution in [0, 0.1) is 0 Å². The van der Waals surface area contributed by atoms with Crippen LogP contribution >= 0.6 is 0 Å². The molecule has 1 aromatic rings. The van der Waals surface area contributed by atoms with Crippen molar-refractivity contribution in [2.45, 2.75) is 56.8 Å². The summed E-state index contributed by atoms with van der Waals surface area (Å²) in [6.45, 7) is 2.52. The fraction of sp³-hybridized carbons (Fsp3) is 0.700. The van der Waals surface area contributed by atoms with Gasteiger partial charge in [0.05, 0.1) is 33.0 Å². The van der Waals surface area contributed by atoms with Gasteiger partial charge in [-0.1, -0.05) is 18.9 Å². The third kappa shape index (κ3) is 4.66. The first-order valence-corrected chi connectivity index (χ1v) is 9.46. The minimum absolute atomic E-state index is 0.158. The molecule has 0 amide bonds. The van der Waals surface area contributed by atoms with E-state index in [1.165, 1.54) is 24.8 Å². The first-order chi connectivity index (χ1) is 12.2. The number of rotatable bonds is 7. The van der Waals surface area contributed by atoms with Crippen molar-refractivity contribution >= 4 is 0 Å². The molecule has 1 aliphatic carbocycles. The normalized spacial score (nSPS) is 27.4. The molecule has 5 nitrogen and oxygen atoms in total. The van der Waals surface area contributed by atoms with E-state index in [9.17, 15) is 5.11 Å². The second-order valence-electron chi connectivity index (χ2n) is 7.14. The predicted octanol–water partition coefficient (Wildman–Crippen LogP) is 2.64. The highest BCUT2D eigenvalue weighted by molar-refractivity contribution is 5.42. The molecule has 1 aromatic carbocycles. The summed E-state index contributed by atoms with van der Waals surface area (Å²) in [6, 6.07) is 6.51. The average molecular weight is 349 g/mol. The van der Waals surface area contributed by atoms with Crippen LogP contribution in [0.3, 0.4) is 0 Å². The lowest BCUT2D eigenvalue weighted by atomic mass is 9.91. The molecule has 140 valence electrons. The second-order valence-corrected chi connectivity index (χ2v) is 7.14. The van der Waals surface area contributed by atoms with Gasteiger partial charge in [-0.25, -0.2) is 0 Å². The van der Waals surface area contributed by atoms with E-state index >= 15 is 0 Å². The topological polar surface area (TPSA) is 51.2 Å². The molecule has 0 aromatic heterocycles. The lowest BCUT2D eigenvalue weighted by Crippen LogP contribution is -2.46. The van der Waals surface area contributed by atoms with Crippen LogP contribution in [0.5, 0.6) is 11.5 Å². The van der Waals surface area contributed by atoms with Gasteiger partial charge in [0.15, 0.2) is 11.5 Å². The van der Waals surface area contributed by atoms with E-state index in [0.717, 1.165) is 43.9 Å². The van der Waals surface area contributed by atoms with Gasteiger partial charge in [0.1, 0.15) is 0 Å². The van der Waals surface area contributed by atoms with Crippen LogP contribution in [-0.4, -0.2) is 62.2 Å². The van der Waals surface area contributed by atoms with Gasteiger partial charge in [-0.05, 0) is 43.4 Å². The van der Waals surface area contributed by atoms with Crippen molar-refractivity contribution in [2.75, 3.05) is 33.9 Å². The van der Waals surface area contributed by atoms with E-state index in [2.05, 4.69) is 11.0 Å². The monoisotopic (exact) mass is 349 g/mol. The molecule has 0 spiro atoms. The van der Waals surface area contributed by atoms with Gasteiger partial charge in [0.25, 0.3) is 0 Å². The Balaban J connectivity index is 1.53. The molecule has 3 atom stereocenters. The van der Waals surface area contributed by atoms with Crippen molar-refractivity contribution < 1.29 is 19.3 Å². The van der Waals surface area contributed by atoms with E-state index in [0.29, 0.717) is 18.8 Å². The zero-order chi connectivity index (χ0) is 17.6. The summed E-state index contributed by atoms with van der Waals surface area (Å²) in [7, 11) is 3.31. The van der Waals surface area contributed by atoms with E-state index in [4.69, 9.17) is 14.2 Å². The maximum Gasteiger partial charge on any atom is 0.160 e. The van der Waals surface area contributed by atoms with Crippen molar-refractivity contribution in [1.82, 2.24) is 4.90 Å². The number of ether oxygens (including phenoxy) is 3. The summed E-state index contributed by atoms with van der Waals surface area (Å²) < 4.78 is 16.9. The van der Waals surface area contributed by atoms with Crippen molar-refractivity contribution in [3.05, 3.63) is 23.8 Å². The molecule has 1 unspecified atom stereocenters. The molecule has 1 aliphatic heterocycles. The van der Waals surface area contributed by atoms with E-state index in [1.807, 2.05) is 12.1 Å². The fourth-order valence-corrected chi connectivity index (χ4v) is 4.12. The Bertz CT molecular complexity index is 550. The Morgan fingerprint density at radius 1 is 1.08 bits per heavy atom. The zero-order valence-electron chi connectivity index (χ0n) is 15.4. The highest BCUT2D eigenvalue weighted by Gasteiger charge is 2.34. The van der Waals surface area contributed by atoms with Crippen molar-refractivity contribution in [3.63, 3.8) is 0 Å². The average Bonchev–Trinajstić information content (AvgIpc) is 3.08. The van der Waals surface area contributed by atoms with E-state index in [-0.39, 0.29) is 6.10 Å². The van der Waals surface area contributed by atoms with Gasteiger partial charge in [-0.3, -0.25) is 4.90 Å². The maximum absolute atomic E-state index is 9.83. The maximum atomic E-state index is 9.83. The van der Waals surface area contributed by atoms with Crippen LogP contribution in [0.15, 0.2) is 18.2 Å². The molecule has 25 heavy (non-hydrogen) atoms. The number of aliphatic hydroxyl groups excluding tert-OH is 1. The Morgan fingerprint density at radius 3 is 2.60 bits per heavy atom. The van der Waals surface area contributed by atoms with Crippen molar-refractivity contribution in [2.24, 2.45) is 0 Å². The van der Waals surface area contributed by atoms with Crippen molar-refractivity contribution in [3.8, 4) is 11.5 Å². The molecule has 1 saturated heterocycles.